The maximum absolute atomic E-state index is 10.3. The van der Waals surface area contributed by atoms with Crippen LogP contribution >= 0.6 is 0 Å². The summed E-state index contributed by atoms with van der Waals surface area (Å²) < 4.78 is 5.33. The average Bonchev–Trinajstić information content (AvgIpc) is 2.55. The van der Waals surface area contributed by atoms with Gasteiger partial charge in [0.05, 0.1) is 12.8 Å². The Morgan fingerprint density at radius 3 is 2.76 bits per heavy atom. The third-order valence-electron chi connectivity index (χ3n) is 3.60. The van der Waals surface area contributed by atoms with Gasteiger partial charge in [0.25, 0.3) is 0 Å². The molecule has 0 aromatic heterocycles. The van der Waals surface area contributed by atoms with Gasteiger partial charge in [-0.3, -0.25) is 10.5 Å². The van der Waals surface area contributed by atoms with E-state index in [0.29, 0.717) is 6.54 Å². The number of fused-ring (bicyclic) bond motifs is 1. The van der Waals surface area contributed by atoms with Crippen LogP contribution in [0.15, 0.2) is 54.6 Å². The van der Waals surface area contributed by atoms with Gasteiger partial charge in [0.1, 0.15) is 11.9 Å². The molecule has 1 unspecified atom stereocenters. The van der Waals surface area contributed by atoms with Crippen molar-refractivity contribution in [1.82, 2.24) is 5.32 Å². The van der Waals surface area contributed by atoms with Gasteiger partial charge in [-0.2, -0.15) is 0 Å². The first-order valence-corrected chi connectivity index (χ1v) is 6.90. The molecular formula is C17H18N2O2. The van der Waals surface area contributed by atoms with E-state index in [0.717, 1.165) is 22.6 Å². The first kappa shape index (κ1) is 13.7. The van der Waals surface area contributed by atoms with E-state index < -0.39 is 0 Å². The van der Waals surface area contributed by atoms with Crippen molar-refractivity contribution in [3.8, 4) is 5.75 Å². The van der Waals surface area contributed by atoms with Gasteiger partial charge in [-0.1, -0.05) is 42.5 Å². The van der Waals surface area contributed by atoms with Crippen molar-refractivity contribution >= 4 is 11.8 Å². The van der Waals surface area contributed by atoms with Crippen molar-refractivity contribution in [2.24, 2.45) is 0 Å². The summed E-state index contributed by atoms with van der Waals surface area (Å²) >= 11 is 0. The number of anilines is 1. The molecule has 0 saturated heterocycles. The van der Waals surface area contributed by atoms with Crippen LogP contribution in [0.5, 0.6) is 5.75 Å². The highest BCUT2D eigenvalue weighted by Gasteiger charge is 2.20. The Labute approximate surface area is 124 Å². The molecule has 1 aliphatic heterocycles. The zero-order chi connectivity index (χ0) is 14.7. The smallest absolute Gasteiger partial charge is 0.125 e. The van der Waals surface area contributed by atoms with E-state index in [-0.39, 0.29) is 6.17 Å². The average molecular weight is 282 g/mol. The largest absolute Gasteiger partial charge is 0.496 e. The molecule has 2 aromatic carbocycles. The molecule has 0 fully saturated rings. The quantitative estimate of drug-likeness (QED) is 0.904. The van der Waals surface area contributed by atoms with Crippen LogP contribution in [0.3, 0.4) is 0 Å². The minimum atomic E-state index is -0.259. The van der Waals surface area contributed by atoms with Crippen molar-refractivity contribution in [2.75, 3.05) is 12.2 Å². The standard InChI is InChI=1S/C17H18N2O2/c1-21-16-9-5-3-7-14(16)12-18-17-11-10-13-6-2-4-8-15(13)19(17)20/h2-11,17-18,20H,12H2,1H3. The second-order valence-electron chi connectivity index (χ2n) is 4.90. The first-order valence-electron chi connectivity index (χ1n) is 6.90. The lowest BCUT2D eigenvalue weighted by atomic mass is 10.1. The number of para-hydroxylation sites is 2. The Morgan fingerprint density at radius 2 is 1.90 bits per heavy atom. The molecular weight excluding hydrogens is 264 g/mol. The molecule has 0 amide bonds. The highest BCUT2D eigenvalue weighted by molar-refractivity contribution is 5.70. The van der Waals surface area contributed by atoms with Gasteiger partial charge in [-0.25, -0.2) is 5.06 Å². The van der Waals surface area contributed by atoms with E-state index >= 15 is 0 Å². The molecule has 0 bridgehead atoms. The topological polar surface area (TPSA) is 44.7 Å². The predicted molar refractivity (Wildman–Crippen MR) is 83.4 cm³/mol. The number of methoxy groups -OCH3 is 1. The monoisotopic (exact) mass is 282 g/mol. The Bertz CT molecular complexity index is 655. The molecule has 108 valence electrons. The number of nitrogens with zero attached hydrogens (tertiary/aromatic N) is 1. The van der Waals surface area contributed by atoms with Crippen molar-refractivity contribution in [1.29, 1.82) is 0 Å². The number of hydrogen-bond donors (Lipinski definition) is 2. The molecule has 4 nitrogen and oxygen atoms in total. The van der Waals surface area contributed by atoms with Gasteiger partial charge in [-0.15, -0.1) is 0 Å². The Balaban J connectivity index is 1.72. The summed E-state index contributed by atoms with van der Waals surface area (Å²) in [4.78, 5) is 0. The molecule has 0 radical (unpaired) electrons. The van der Waals surface area contributed by atoms with E-state index in [1.807, 2.05) is 60.7 Å². The molecule has 1 heterocycles. The minimum Gasteiger partial charge on any atom is -0.496 e. The summed E-state index contributed by atoms with van der Waals surface area (Å²) in [5.41, 5.74) is 2.87. The number of nitrogens with one attached hydrogen (secondary N) is 1. The van der Waals surface area contributed by atoms with Crippen LogP contribution in [0, 0.1) is 0 Å². The molecule has 0 spiro atoms. The van der Waals surface area contributed by atoms with Gasteiger partial charge >= 0.3 is 0 Å². The first-order chi connectivity index (χ1) is 10.3. The third-order valence-corrected chi connectivity index (χ3v) is 3.60. The maximum atomic E-state index is 10.3. The molecule has 21 heavy (non-hydrogen) atoms. The summed E-state index contributed by atoms with van der Waals surface area (Å²) in [7, 11) is 1.66. The Kier molecular flexibility index (Phi) is 3.90. The van der Waals surface area contributed by atoms with E-state index in [4.69, 9.17) is 4.74 Å². The summed E-state index contributed by atoms with van der Waals surface area (Å²) in [6.07, 6.45) is 3.70. The van der Waals surface area contributed by atoms with Gasteiger partial charge in [0, 0.05) is 17.7 Å². The second-order valence-corrected chi connectivity index (χ2v) is 4.90. The zero-order valence-electron chi connectivity index (χ0n) is 11.9. The van der Waals surface area contributed by atoms with Crippen LogP contribution in [-0.4, -0.2) is 18.5 Å². The van der Waals surface area contributed by atoms with E-state index in [2.05, 4.69) is 5.32 Å². The number of benzene rings is 2. The maximum Gasteiger partial charge on any atom is 0.125 e. The number of ether oxygens (including phenoxy) is 1. The van der Waals surface area contributed by atoms with Gasteiger partial charge < -0.3 is 4.74 Å². The van der Waals surface area contributed by atoms with Gasteiger partial charge in [0.15, 0.2) is 0 Å². The molecule has 2 N–H and O–H groups in total. The fraction of sp³-hybridized carbons (Fsp3) is 0.176. The lowest BCUT2D eigenvalue weighted by Crippen LogP contribution is -2.43. The number of rotatable bonds is 4. The lowest BCUT2D eigenvalue weighted by Gasteiger charge is -2.30. The van der Waals surface area contributed by atoms with Crippen LogP contribution in [0.4, 0.5) is 5.69 Å². The summed E-state index contributed by atoms with van der Waals surface area (Å²) in [5, 5.41) is 14.9. The molecule has 3 rings (SSSR count). The van der Waals surface area contributed by atoms with Crippen LogP contribution in [-0.2, 0) is 6.54 Å². The van der Waals surface area contributed by atoms with Gasteiger partial charge in [-0.05, 0) is 18.2 Å². The van der Waals surface area contributed by atoms with Crippen LogP contribution in [0.1, 0.15) is 11.1 Å². The highest BCUT2D eigenvalue weighted by Crippen LogP contribution is 2.26. The van der Waals surface area contributed by atoms with Crippen molar-refractivity contribution < 1.29 is 9.94 Å². The van der Waals surface area contributed by atoms with Crippen molar-refractivity contribution in [2.45, 2.75) is 12.7 Å². The number of hydrogen-bond acceptors (Lipinski definition) is 4. The second kappa shape index (κ2) is 5.99. The highest BCUT2D eigenvalue weighted by atomic mass is 16.5. The van der Waals surface area contributed by atoms with E-state index in [1.54, 1.807) is 7.11 Å². The normalized spacial score (nSPS) is 16.7. The number of hydroxylamine groups is 1. The molecule has 4 heteroatoms. The fourth-order valence-electron chi connectivity index (χ4n) is 2.48. The van der Waals surface area contributed by atoms with Crippen LogP contribution in [0.2, 0.25) is 0 Å². The summed E-state index contributed by atoms with van der Waals surface area (Å²) in [6.45, 7) is 0.609. The molecule has 1 atom stereocenters. The zero-order valence-corrected chi connectivity index (χ0v) is 11.9. The van der Waals surface area contributed by atoms with Gasteiger partial charge in [0.2, 0.25) is 0 Å². The fourth-order valence-corrected chi connectivity index (χ4v) is 2.48. The van der Waals surface area contributed by atoms with Crippen LogP contribution < -0.4 is 15.1 Å². The predicted octanol–water partition coefficient (Wildman–Crippen LogP) is 3.03. The van der Waals surface area contributed by atoms with Crippen molar-refractivity contribution in [3.63, 3.8) is 0 Å². The van der Waals surface area contributed by atoms with Crippen LogP contribution in [0.25, 0.3) is 6.08 Å². The molecule has 1 aliphatic rings. The Hall–Kier alpha value is -2.30. The van der Waals surface area contributed by atoms with Crippen molar-refractivity contribution in [3.05, 3.63) is 65.7 Å². The Morgan fingerprint density at radius 1 is 1.14 bits per heavy atom. The molecule has 2 aromatic rings. The minimum absolute atomic E-state index is 0.259. The summed E-state index contributed by atoms with van der Waals surface area (Å²) in [5.74, 6) is 0.842. The van der Waals surface area contributed by atoms with E-state index in [1.165, 1.54) is 5.06 Å². The SMILES string of the molecule is COc1ccccc1CNC1C=Cc2ccccc2N1O. The molecule has 0 saturated carbocycles. The summed E-state index contributed by atoms with van der Waals surface area (Å²) in [6, 6.07) is 15.6. The lowest BCUT2D eigenvalue weighted by molar-refractivity contribution is 0.214. The third kappa shape index (κ3) is 2.77. The molecule has 0 aliphatic carbocycles. The van der Waals surface area contributed by atoms with E-state index in [9.17, 15) is 5.21 Å².